The minimum atomic E-state index is 0.272. The number of thioether (sulfide) groups is 1. The molecule has 18 heavy (non-hydrogen) atoms. The summed E-state index contributed by atoms with van der Waals surface area (Å²) in [5.74, 6) is 2.66. The maximum absolute atomic E-state index is 8.66. The summed E-state index contributed by atoms with van der Waals surface area (Å²) < 4.78 is 1.83. The average molecular weight is 266 g/mol. The molecule has 2 N–H and O–H groups in total. The molecule has 0 radical (unpaired) electrons. The zero-order valence-corrected chi connectivity index (χ0v) is 11.3. The number of hydrogen-bond acceptors (Lipinski definition) is 5. The van der Waals surface area contributed by atoms with Crippen LogP contribution in [0.2, 0.25) is 0 Å². The van der Waals surface area contributed by atoms with E-state index in [-0.39, 0.29) is 6.61 Å². The van der Waals surface area contributed by atoms with E-state index >= 15 is 0 Å². The molecule has 6 heteroatoms. The third-order valence-electron chi connectivity index (χ3n) is 2.53. The fourth-order valence-electron chi connectivity index (χ4n) is 1.61. The van der Waals surface area contributed by atoms with Gasteiger partial charge in [0.2, 0.25) is 5.95 Å². The summed E-state index contributed by atoms with van der Waals surface area (Å²) in [5.41, 5.74) is 1.94. The van der Waals surface area contributed by atoms with Crippen LogP contribution >= 0.6 is 11.8 Å². The Morgan fingerprint density at radius 3 is 3.06 bits per heavy atom. The van der Waals surface area contributed by atoms with Gasteiger partial charge in [0.1, 0.15) is 0 Å². The highest BCUT2D eigenvalue weighted by Crippen LogP contribution is 2.08. The van der Waals surface area contributed by atoms with Crippen LogP contribution in [0.4, 0.5) is 5.95 Å². The summed E-state index contributed by atoms with van der Waals surface area (Å²) in [5, 5.41) is 16.3. The molecule has 2 heterocycles. The van der Waals surface area contributed by atoms with Gasteiger partial charge < -0.3 is 10.4 Å². The summed E-state index contributed by atoms with van der Waals surface area (Å²) in [6, 6.07) is 5.94. The van der Waals surface area contributed by atoms with E-state index in [1.165, 1.54) is 0 Å². The van der Waals surface area contributed by atoms with Crippen molar-refractivity contribution in [3.8, 4) is 0 Å². The molecule has 0 saturated heterocycles. The second-order valence-corrected chi connectivity index (χ2v) is 5.21. The highest BCUT2D eigenvalue weighted by molar-refractivity contribution is 7.99. The number of nitrogens with zero attached hydrogens (tertiary/aromatic N) is 3. The van der Waals surface area contributed by atoms with Crippen molar-refractivity contribution in [2.75, 3.05) is 30.0 Å². The number of fused-ring (bicyclic) bond motifs is 1. The number of aliphatic hydroxyl groups excluding tert-OH is 1. The van der Waals surface area contributed by atoms with Crippen LogP contribution in [0.15, 0.2) is 18.2 Å². The lowest BCUT2D eigenvalue weighted by Gasteiger charge is -2.01. The van der Waals surface area contributed by atoms with Crippen LogP contribution in [-0.2, 0) is 0 Å². The molecule has 2 aromatic heterocycles. The van der Waals surface area contributed by atoms with Gasteiger partial charge >= 0.3 is 0 Å². The van der Waals surface area contributed by atoms with E-state index in [1.807, 2.05) is 41.4 Å². The molecule has 0 aliphatic carbocycles. The molecule has 0 aliphatic heterocycles. The predicted octanol–water partition coefficient (Wildman–Crippen LogP) is 1.57. The maximum atomic E-state index is 8.66. The van der Waals surface area contributed by atoms with E-state index in [4.69, 9.17) is 5.11 Å². The molecule has 0 spiro atoms. The summed E-state index contributed by atoms with van der Waals surface area (Å²) in [4.78, 5) is 4.40. The quantitative estimate of drug-likeness (QED) is 0.745. The molecule has 98 valence electrons. The van der Waals surface area contributed by atoms with Crippen molar-refractivity contribution in [1.82, 2.24) is 14.6 Å². The molecule has 2 aromatic rings. The molecule has 0 aliphatic rings. The van der Waals surface area contributed by atoms with Gasteiger partial charge in [0.05, 0.1) is 0 Å². The van der Waals surface area contributed by atoms with Crippen LogP contribution in [0.1, 0.15) is 12.1 Å². The Labute approximate surface area is 111 Å². The maximum Gasteiger partial charge on any atom is 0.243 e. The molecule has 0 saturated carbocycles. The van der Waals surface area contributed by atoms with Crippen LogP contribution in [-0.4, -0.2) is 44.4 Å². The van der Waals surface area contributed by atoms with E-state index in [1.54, 1.807) is 0 Å². The normalized spacial score (nSPS) is 11.0. The molecular formula is C12H18N4OS. The Hall–Kier alpha value is -1.27. The van der Waals surface area contributed by atoms with Crippen molar-refractivity contribution in [2.45, 2.75) is 13.3 Å². The zero-order chi connectivity index (χ0) is 12.8. The first-order chi connectivity index (χ1) is 8.81. The Morgan fingerprint density at radius 2 is 2.28 bits per heavy atom. The van der Waals surface area contributed by atoms with Crippen LogP contribution in [0, 0.1) is 6.92 Å². The molecular weight excluding hydrogens is 248 g/mol. The number of aryl methyl sites for hydroxylation is 1. The number of anilines is 1. The number of aromatic nitrogens is 3. The first kappa shape index (κ1) is 13.2. The van der Waals surface area contributed by atoms with Crippen molar-refractivity contribution in [3.05, 3.63) is 23.9 Å². The topological polar surface area (TPSA) is 62.5 Å². The smallest absolute Gasteiger partial charge is 0.243 e. The summed E-state index contributed by atoms with van der Waals surface area (Å²) >= 11 is 1.82. The SMILES string of the molecule is Cc1cccc2nc(NCCSCCCO)nn12. The molecule has 0 fully saturated rings. The summed E-state index contributed by atoms with van der Waals surface area (Å²) in [6.45, 7) is 3.12. The van der Waals surface area contributed by atoms with Crippen molar-refractivity contribution < 1.29 is 5.11 Å². The van der Waals surface area contributed by atoms with Gasteiger partial charge in [-0.15, -0.1) is 5.10 Å². The molecule has 0 aromatic carbocycles. The van der Waals surface area contributed by atoms with Gasteiger partial charge in [-0.05, 0) is 31.2 Å². The Morgan fingerprint density at radius 1 is 1.39 bits per heavy atom. The van der Waals surface area contributed by atoms with Gasteiger partial charge in [0.25, 0.3) is 0 Å². The molecule has 2 rings (SSSR count). The van der Waals surface area contributed by atoms with E-state index in [2.05, 4.69) is 15.4 Å². The lowest BCUT2D eigenvalue weighted by atomic mass is 10.4. The number of hydrogen-bond donors (Lipinski definition) is 2. The Bertz CT molecular complexity index is 500. The van der Waals surface area contributed by atoms with E-state index in [0.717, 1.165) is 35.8 Å². The molecule has 0 atom stereocenters. The number of rotatable bonds is 7. The van der Waals surface area contributed by atoms with Gasteiger partial charge in [-0.25, -0.2) is 4.52 Å². The second kappa shape index (κ2) is 6.61. The van der Waals surface area contributed by atoms with Gasteiger partial charge in [-0.1, -0.05) is 6.07 Å². The molecule has 5 nitrogen and oxygen atoms in total. The Kier molecular flexibility index (Phi) is 4.83. The Balaban J connectivity index is 1.83. The minimum absolute atomic E-state index is 0.272. The number of aliphatic hydroxyl groups is 1. The molecule has 0 amide bonds. The van der Waals surface area contributed by atoms with Crippen LogP contribution in [0.3, 0.4) is 0 Å². The van der Waals surface area contributed by atoms with Crippen molar-refractivity contribution >= 4 is 23.4 Å². The van der Waals surface area contributed by atoms with Gasteiger partial charge in [-0.3, -0.25) is 0 Å². The standard InChI is InChI=1S/C12H18N4OS/c1-10-4-2-5-11-14-12(15-16(10)11)13-6-9-18-8-3-7-17/h2,4-5,17H,3,6-9H2,1H3,(H,13,15). The fraction of sp³-hybridized carbons (Fsp3) is 0.500. The van der Waals surface area contributed by atoms with Gasteiger partial charge in [0, 0.05) is 24.6 Å². The average Bonchev–Trinajstić information content (AvgIpc) is 2.78. The fourth-order valence-corrected chi connectivity index (χ4v) is 2.40. The highest BCUT2D eigenvalue weighted by atomic mass is 32.2. The van der Waals surface area contributed by atoms with Crippen LogP contribution in [0.25, 0.3) is 5.65 Å². The van der Waals surface area contributed by atoms with Crippen molar-refractivity contribution in [2.24, 2.45) is 0 Å². The summed E-state index contributed by atoms with van der Waals surface area (Å²) in [7, 11) is 0. The van der Waals surface area contributed by atoms with E-state index in [9.17, 15) is 0 Å². The van der Waals surface area contributed by atoms with Crippen LogP contribution < -0.4 is 5.32 Å². The molecule has 0 bridgehead atoms. The van der Waals surface area contributed by atoms with Gasteiger partial charge in [0.15, 0.2) is 5.65 Å². The van der Waals surface area contributed by atoms with Crippen LogP contribution in [0.5, 0.6) is 0 Å². The van der Waals surface area contributed by atoms with E-state index in [0.29, 0.717) is 5.95 Å². The molecule has 0 unspecified atom stereocenters. The van der Waals surface area contributed by atoms with Crippen molar-refractivity contribution in [1.29, 1.82) is 0 Å². The number of pyridine rings is 1. The first-order valence-electron chi connectivity index (χ1n) is 6.06. The third-order valence-corrected chi connectivity index (χ3v) is 3.60. The highest BCUT2D eigenvalue weighted by Gasteiger charge is 2.03. The van der Waals surface area contributed by atoms with E-state index < -0.39 is 0 Å². The predicted molar refractivity (Wildman–Crippen MR) is 75.2 cm³/mol. The lowest BCUT2D eigenvalue weighted by Crippen LogP contribution is -2.06. The zero-order valence-electron chi connectivity index (χ0n) is 10.5. The summed E-state index contributed by atoms with van der Waals surface area (Å²) in [6.07, 6.45) is 0.858. The van der Waals surface area contributed by atoms with Gasteiger partial charge in [-0.2, -0.15) is 16.7 Å². The lowest BCUT2D eigenvalue weighted by molar-refractivity contribution is 0.296. The monoisotopic (exact) mass is 266 g/mol. The minimum Gasteiger partial charge on any atom is -0.396 e. The second-order valence-electron chi connectivity index (χ2n) is 3.99. The number of nitrogens with one attached hydrogen (secondary N) is 1. The van der Waals surface area contributed by atoms with Crippen molar-refractivity contribution in [3.63, 3.8) is 0 Å². The third kappa shape index (κ3) is 3.36. The largest absolute Gasteiger partial charge is 0.396 e. The first-order valence-corrected chi connectivity index (χ1v) is 7.21.